The van der Waals surface area contributed by atoms with Crippen LogP contribution in [0.5, 0.6) is 5.75 Å². The SMILES string of the molecule is CCCCCCCC1(C#N)CCCC(c2ccc(-c3ccc(OC(CCC)CCO)cc3)cc2)C1. The summed E-state index contributed by atoms with van der Waals surface area (Å²) in [6, 6.07) is 20.1. The number of hydrogen-bond acceptors (Lipinski definition) is 3. The summed E-state index contributed by atoms with van der Waals surface area (Å²) in [4.78, 5) is 0. The Morgan fingerprint density at radius 2 is 1.63 bits per heavy atom. The van der Waals surface area contributed by atoms with Crippen molar-refractivity contribution in [3.63, 3.8) is 0 Å². The lowest BCUT2D eigenvalue weighted by Gasteiger charge is -2.36. The molecule has 3 atom stereocenters. The third-order valence-corrected chi connectivity index (χ3v) is 7.78. The summed E-state index contributed by atoms with van der Waals surface area (Å²) in [5, 5.41) is 19.3. The zero-order valence-electron chi connectivity index (χ0n) is 22.0. The van der Waals surface area contributed by atoms with Crippen molar-refractivity contribution in [2.24, 2.45) is 5.41 Å². The van der Waals surface area contributed by atoms with Crippen LogP contribution in [0, 0.1) is 16.7 Å². The molecule has 3 heteroatoms. The Morgan fingerprint density at radius 3 is 2.26 bits per heavy atom. The van der Waals surface area contributed by atoms with Gasteiger partial charge in [0, 0.05) is 13.0 Å². The standard InChI is InChI=1S/C32H45NO2/c1-3-5-6-7-8-21-32(25-33)22-9-11-29(24-32)28-14-12-26(13-15-28)27-16-18-31(19-17-27)35-30(10-4-2)20-23-34/h12-19,29-30,34H,3-11,20-24H2,1-2H3. The molecule has 1 saturated carbocycles. The topological polar surface area (TPSA) is 53.2 Å². The zero-order chi connectivity index (χ0) is 24.9. The second kappa shape index (κ2) is 14.3. The number of aliphatic hydroxyl groups excluding tert-OH is 1. The predicted octanol–water partition coefficient (Wildman–Crippen LogP) is 8.81. The van der Waals surface area contributed by atoms with Gasteiger partial charge >= 0.3 is 0 Å². The van der Waals surface area contributed by atoms with Crippen LogP contribution in [0.25, 0.3) is 11.1 Å². The molecular weight excluding hydrogens is 430 g/mol. The number of ether oxygens (including phenoxy) is 1. The first-order valence-corrected chi connectivity index (χ1v) is 14.0. The fourth-order valence-corrected chi connectivity index (χ4v) is 5.69. The lowest BCUT2D eigenvalue weighted by molar-refractivity contribution is 0.145. The van der Waals surface area contributed by atoms with Crippen molar-refractivity contribution in [2.45, 2.75) is 109 Å². The smallest absolute Gasteiger partial charge is 0.119 e. The first-order valence-electron chi connectivity index (χ1n) is 14.0. The Balaban J connectivity index is 1.60. The number of nitriles is 1. The minimum atomic E-state index is -0.130. The fourth-order valence-electron chi connectivity index (χ4n) is 5.69. The highest BCUT2D eigenvalue weighted by atomic mass is 16.5. The molecule has 3 nitrogen and oxygen atoms in total. The second-order valence-electron chi connectivity index (χ2n) is 10.5. The second-order valence-corrected chi connectivity index (χ2v) is 10.5. The first-order chi connectivity index (χ1) is 17.1. The molecule has 190 valence electrons. The number of rotatable bonds is 14. The van der Waals surface area contributed by atoms with Crippen LogP contribution < -0.4 is 4.74 Å². The number of unbranched alkanes of at least 4 members (excludes halogenated alkanes) is 4. The van der Waals surface area contributed by atoms with Crippen LogP contribution in [0.1, 0.15) is 109 Å². The predicted molar refractivity (Wildman–Crippen MR) is 146 cm³/mol. The summed E-state index contributed by atoms with van der Waals surface area (Å²) in [6.07, 6.45) is 14.6. The Bertz CT molecular complexity index is 893. The van der Waals surface area contributed by atoms with E-state index >= 15 is 0 Å². The summed E-state index contributed by atoms with van der Waals surface area (Å²) >= 11 is 0. The van der Waals surface area contributed by atoms with E-state index < -0.39 is 0 Å². The molecule has 1 fully saturated rings. The third-order valence-electron chi connectivity index (χ3n) is 7.78. The monoisotopic (exact) mass is 475 g/mol. The van der Waals surface area contributed by atoms with E-state index in [1.807, 2.05) is 12.1 Å². The van der Waals surface area contributed by atoms with Gasteiger partial charge in [-0.3, -0.25) is 0 Å². The highest BCUT2D eigenvalue weighted by Gasteiger charge is 2.36. The van der Waals surface area contributed by atoms with Crippen molar-refractivity contribution in [2.75, 3.05) is 6.61 Å². The molecule has 0 aromatic heterocycles. The molecule has 0 heterocycles. The molecule has 0 aliphatic heterocycles. The Hall–Kier alpha value is -2.31. The first kappa shape index (κ1) is 27.3. The Morgan fingerprint density at radius 1 is 0.943 bits per heavy atom. The Labute approximate surface area is 213 Å². The summed E-state index contributed by atoms with van der Waals surface area (Å²) in [6.45, 7) is 4.55. The molecule has 0 bridgehead atoms. The van der Waals surface area contributed by atoms with Gasteiger partial charge in [0.25, 0.3) is 0 Å². The molecule has 1 N–H and O–H groups in total. The number of hydrogen-bond donors (Lipinski definition) is 1. The Kier molecular flexibility index (Phi) is 11.1. The van der Waals surface area contributed by atoms with E-state index in [4.69, 9.17) is 4.74 Å². The minimum absolute atomic E-state index is 0.0718. The van der Waals surface area contributed by atoms with Gasteiger partial charge in [-0.25, -0.2) is 0 Å². The zero-order valence-corrected chi connectivity index (χ0v) is 22.0. The van der Waals surface area contributed by atoms with Gasteiger partial charge in [0.1, 0.15) is 11.9 Å². The van der Waals surface area contributed by atoms with E-state index in [1.165, 1.54) is 55.2 Å². The molecule has 2 aromatic carbocycles. The molecular formula is C32H45NO2. The molecule has 35 heavy (non-hydrogen) atoms. The van der Waals surface area contributed by atoms with Crippen molar-refractivity contribution in [3.05, 3.63) is 54.1 Å². The molecule has 2 aromatic rings. The molecule has 0 radical (unpaired) electrons. The van der Waals surface area contributed by atoms with Crippen LogP contribution in [-0.2, 0) is 0 Å². The quantitative estimate of drug-likeness (QED) is 0.278. The molecule has 3 unspecified atom stereocenters. The molecule has 1 aliphatic carbocycles. The van der Waals surface area contributed by atoms with Gasteiger partial charge in [0.2, 0.25) is 0 Å². The lowest BCUT2D eigenvalue weighted by Crippen LogP contribution is -2.26. The van der Waals surface area contributed by atoms with Crippen molar-refractivity contribution < 1.29 is 9.84 Å². The average Bonchev–Trinajstić information content (AvgIpc) is 2.90. The molecule has 3 rings (SSSR count). The average molecular weight is 476 g/mol. The van der Waals surface area contributed by atoms with Crippen molar-refractivity contribution >= 4 is 0 Å². The van der Waals surface area contributed by atoms with Crippen molar-refractivity contribution in [3.8, 4) is 22.9 Å². The van der Waals surface area contributed by atoms with E-state index in [-0.39, 0.29) is 18.1 Å². The largest absolute Gasteiger partial charge is 0.490 e. The van der Waals surface area contributed by atoms with Gasteiger partial charge in [-0.15, -0.1) is 0 Å². The van der Waals surface area contributed by atoms with Crippen LogP contribution in [0.15, 0.2) is 48.5 Å². The van der Waals surface area contributed by atoms with Gasteiger partial charge in [0.15, 0.2) is 0 Å². The molecule has 0 amide bonds. The summed E-state index contributed by atoms with van der Waals surface area (Å²) < 4.78 is 6.08. The van der Waals surface area contributed by atoms with E-state index in [9.17, 15) is 10.4 Å². The lowest BCUT2D eigenvalue weighted by atomic mass is 9.66. The molecule has 1 aliphatic rings. The van der Waals surface area contributed by atoms with Crippen LogP contribution in [0.4, 0.5) is 0 Å². The third kappa shape index (κ3) is 8.11. The summed E-state index contributed by atoms with van der Waals surface area (Å²) in [5.74, 6) is 1.35. The molecule has 0 saturated heterocycles. The van der Waals surface area contributed by atoms with E-state index in [1.54, 1.807) is 0 Å². The maximum Gasteiger partial charge on any atom is 0.119 e. The van der Waals surface area contributed by atoms with Crippen molar-refractivity contribution in [1.29, 1.82) is 5.26 Å². The summed E-state index contributed by atoms with van der Waals surface area (Å²) in [7, 11) is 0. The van der Waals surface area contributed by atoms with Crippen LogP contribution in [0.2, 0.25) is 0 Å². The highest BCUT2D eigenvalue weighted by molar-refractivity contribution is 5.64. The van der Waals surface area contributed by atoms with Crippen LogP contribution in [-0.4, -0.2) is 17.8 Å². The fraction of sp³-hybridized carbons (Fsp3) is 0.594. The maximum atomic E-state index is 10.1. The van der Waals surface area contributed by atoms with E-state index in [0.717, 1.165) is 44.3 Å². The van der Waals surface area contributed by atoms with E-state index in [0.29, 0.717) is 12.3 Å². The van der Waals surface area contributed by atoms with Crippen LogP contribution in [0.3, 0.4) is 0 Å². The van der Waals surface area contributed by atoms with Gasteiger partial charge in [-0.2, -0.15) is 5.26 Å². The number of aliphatic hydroxyl groups is 1. The van der Waals surface area contributed by atoms with Gasteiger partial charge in [-0.1, -0.05) is 95.2 Å². The highest BCUT2D eigenvalue weighted by Crippen LogP contribution is 2.46. The minimum Gasteiger partial charge on any atom is -0.490 e. The van der Waals surface area contributed by atoms with Gasteiger partial charge in [0.05, 0.1) is 11.5 Å². The summed E-state index contributed by atoms with van der Waals surface area (Å²) in [5.41, 5.74) is 3.64. The maximum absolute atomic E-state index is 10.1. The van der Waals surface area contributed by atoms with E-state index in [2.05, 4.69) is 56.3 Å². The number of nitrogens with zero attached hydrogens (tertiary/aromatic N) is 1. The van der Waals surface area contributed by atoms with Crippen LogP contribution >= 0.6 is 0 Å². The normalized spacial score (nSPS) is 20.8. The van der Waals surface area contributed by atoms with Gasteiger partial charge < -0.3 is 9.84 Å². The number of benzene rings is 2. The molecule has 0 spiro atoms. The van der Waals surface area contributed by atoms with Gasteiger partial charge in [-0.05, 0) is 66.8 Å². The van der Waals surface area contributed by atoms with Crippen molar-refractivity contribution in [1.82, 2.24) is 0 Å².